The molecule has 8 aromatic heterocycles. The fourth-order valence-corrected chi connectivity index (χ4v) is 14.7. The normalized spacial score (nSPS) is 12.3. The van der Waals surface area contributed by atoms with Gasteiger partial charge >= 0.3 is 36.7 Å². The number of hydrogen-bond acceptors (Lipinski definition) is 23. The first-order chi connectivity index (χ1) is 62.3. The van der Waals surface area contributed by atoms with E-state index in [1.54, 1.807) is 58.0 Å². The van der Waals surface area contributed by atoms with Crippen LogP contribution in [-0.4, -0.2) is 178 Å². The van der Waals surface area contributed by atoms with Gasteiger partial charge < -0.3 is 34.5 Å². The van der Waals surface area contributed by atoms with Gasteiger partial charge in [-0.15, -0.1) is 30.6 Å². The van der Waals surface area contributed by atoms with Gasteiger partial charge in [-0.05, 0) is 127 Å². The van der Waals surface area contributed by atoms with Crippen LogP contribution < -0.4 is 59.9 Å². The molecular weight excluding hydrogens is 1640 g/mol. The van der Waals surface area contributed by atoms with Crippen molar-refractivity contribution in [3.8, 4) is 119 Å². The van der Waals surface area contributed by atoms with E-state index in [9.17, 15) is 14.4 Å². The molecule has 0 atom stereocenters. The Labute approximate surface area is 769 Å². The third-order valence-corrected chi connectivity index (χ3v) is 21.4. The summed E-state index contributed by atoms with van der Waals surface area (Å²) in [5, 5.41) is 80.1. The summed E-state index contributed by atoms with van der Waals surface area (Å²) >= 11 is 5.96. The minimum atomic E-state index is -1.46. The van der Waals surface area contributed by atoms with Crippen LogP contribution in [0.15, 0.2) is 308 Å². The minimum Gasteiger partial charge on any atom is -0.857 e. The standard InChI is InChI=1S/C31H30N6O.C30H28N6O.C18H14N2O2.C11H9ClN2O.C7H7BO3.CH4O.CH3O.Na/c1-38-30-19-26(23-7-3-2-4-8-23)31(36-35-30)25-12-10-22(11-13-25)21-37-17-14-24(15-18-37)28-20-29(34-33-28)27-9-5-6-16-32-27;37-29-18-25(22-6-2-1-3-7-22)30(35-34-29)24-11-9-21(10-12-24)20-36-16-13-23(14-17-36)27-19-28(33-32-27)26-8-4-5-15-31-26;1-22-17-11-16(14-5-3-2-4-6-14)18(20-19-17)15-9-7-13(12-21)8-10-15;1-15-10-7-9(11(12)14-13-10)8-5-3-2-4-6-8;9-5-6-1-3-7(4-2-6)8(10)11;2*1-2;/h2-13,16,19-20,24H,14-15,17-18,21H2,1H3,(H,33,34);1-12,15,18-19,23H,13-14,16-17,20H2,(H,32,33)(H,34,37);2-12H,1H3;2-7H,1H3;1-5,10-11H;2H,1H3;1H3;/q;;;;;;-1;+1. The number of hydrogen-bond donors (Lipinski definition) is 6. The molecule has 0 radical (unpaired) electrons. The van der Waals surface area contributed by atoms with Crippen LogP contribution in [0.5, 0.6) is 17.6 Å². The van der Waals surface area contributed by atoms with Crippen molar-refractivity contribution < 1.29 is 73.6 Å². The van der Waals surface area contributed by atoms with E-state index < -0.39 is 7.12 Å². The van der Waals surface area contributed by atoms with Crippen LogP contribution in [-0.2, 0) is 13.1 Å². The smallest absolute Gasteiger partial charge is 0.857 e. The van der Waals surface area contributed by atoms with E-state index in [2.05, 4.69) is 154 Å². The number of likely N-dealkylation sites (tertiary alicyclic amines) is 2. The molecule has 128 heavy (non-hydrogen) atoms. The molecule has 0 aliphatic carbocycles. The number of aromatic amines is 3. The molecule has 26 nitrogen and oxygen atoms in total. The van der Waals surface area contributed by atoms with Gasteiger partial charge in [-0.3, -0.25) is 44.3 Å². The van der Waals surface area contributed by atoms with Crippen LogP contribution in [0.3, 0.4) is 0 Å². The maximum absolute atomic E-state index is 12.0. The Balaban J connectivity index is 0.000000163. The number of H-pyrrole nitrogens is 3. The molecule has 0 amide bonds. The number of nitrogens with zero attached hydrogens (tertiary/aromatic N) is 13. The molecule has 0 saturated carbocycles. The second-order valence-corrected chi connectivity index (χ2v) is 29.4. The third-order valence-electron chi connectivity index (χ3n) is 21.1. The van der Waals surface area contributed by atoms with Crippen LogP contribution in [0, 0.1) is 0 Å². The fourth-order valence-electron chi connectivity index (χ4n) is 14.5. The number of carbonyl (C=O) groups is 2. The Morgan fingerprint density at radius 3 is 1.11 bits per heavy atom. The average molecular weight is 1740 g/mol. The summed E-state index contributed by atoms with van der Waals surface area (Å²) in [4.78, 5) is 46.8. The number of pyridine rings is 2. The number of nitrogens with one attached hydrogen (secondary N) is 3. The summed E-state index contributed by atoms with van der Waals surface area (Å²) in [5.74, 6) is 2.43. The van der Waals surface area contributed by atoms with Crippen molar-refractivity contribution >= 4 is 36.8 Å². The van der Waals surface area contributed by atoms with Gasteiger partial charge in [-0.25, -0.2) is 5.10 Å². The number of rotatable bonds is 21. The van der Waals surface area contributed by atoms with E-state index in [0.717, 1.165) is 187 Å². The molecule has 10 heterocycles. The average Bonchev–Trinajstić information content (AvgIpc) is 1.03. The SMILES string of the molecule is CO.COc1cc(-c2ccccc2)c(-c2ccc(C=O)cc2)nn1.COc1cc(-c2ccccc2)c(-c2ccc(CN3CCC(c4cc(-c5ccccn5)n[nH]4)CC3)cc2)nn1.COc1cc(-c2ccccc2)c(Cl)nn1.C[O-].O=Cc1ccc(B(O)O)cc1.O=c1cc(-c2ccccc2)c(-c2ccc(CN3CCC(c4cc(-c5ccccn5)n[nH]4)CC3)cc2)n[nH]1.[Na+]. The van der Waals surface area contributed by atoms with Crippen molar-refractivity contribution in [1.29, 1.82) is 0 Å². The Morgan fingerprint density at radius 2 is 0.742 bits per heavy atom. The summed E-state index contributed by atoms with van der Waals surface area (Å²) in [6.45, 7) is 6.07. The molecule has 16 aromatic rings. The molecule has 2 fully saturated rings. The van der Waals surface area contributed by atoms with Crippen LogP contribution in [0.25, 0.3) is 101 Å². The number of carbonyl (C=O) groups excluding carboxylic acids is 2. The molecule has 8 aromatic carbocycles. The van der Waals surface area contributed by atoms with Crippen molar-refractivity contribution in [1.82, 2.24) is 81.0 Å². The maximum atomic E-state index is 12.0. The zero-order valence-corrected chi connectivity index (χ0v) is 74.5. The number of halogens is 1. The minimum absolute atomic E-state index is 0. The summed E-state index contributed by atoms with van der Waals surface area (Å²) in [6, 6.07) is 93.7. The quantitative estimate of drug-likeness (QED) is 0.0287. The van der Waals surface area contributed by atoms with E-state index in [1.165, 1.54) is 46.8 Å². The molecule has 0 bridgehead atoms. The van der Waals surface area contributed by atoms with Gasteiger partial charge in [0.15, 0.2) is 5.15 Å². The van der Waals surface area contributed by atoms with Gasteiger partial charge in [0.25, 0.3) is 5.56 Å². The van der Waals surface area contributed by atoms with Crippen molar-refractivity contribution in [2.45, 2.75) is 50.6 Å². The molecule has 18 rings (SSSR count). The largest absolute Gasteiger partial charge is 1.00 e. The summed E-state index contributed by atoms with van der Waals surface area (Å²) in [6.07, 6.45) is 9.56. The van der Waals surface area contributed by atoms with Crippen molar-refractivity contribution in [3.05, 3.63) is 353 Å². The van der Waals surface area contributed by atoms with Crippen LogP contribution in [0.2, 0.25) is 5.15 Å². The number of aromatic nitrogens is 14. The number of piperidine rings is 2. The van der Waals surface area contributed by atoms with Gasteiger partial charge in [0, 0.05) is 130 Å². The van der Waals surface area contributed by atoms with Crippen molar-refractivity contribution in [3.63, 3.8) is 0 Å². The van der Waals surface area contributed by atoms with E-state index in [-0.39, 0.29) is 35.1 Å². The molecule has 0 spiro atoms. The number of methoxy groups -OCH3 is 3. The second kappa shape index (κ2) is 49.4. The molecule has 2 aliphatic heterocycles. The third kappa shape index (κ3) is 26.3. The van der Waals surface area contributed by atoms with E-state index >= 15 is 0 Å². The van der Waals surface area contributed by atoms with Gasteiger partial charge in [0.2, 0.25) is 17.6 Å². The first kappa shape index (κ1) is 95.1. The summed E-state index contributed by atoms with van der Waals surface area (Å²) in [5.41, 5.74) is 23.0. The van der Waals surface area contributed by atoms with Gasteiger partial charge in [-0.1, -0.05) is 242 Å². The number of aldehydes is 2. The van der Waals surface area contributed by atoms with Crippen molar-refractivity contribution in [2.24, 2.45) is 0 Å². The van der Waals surface area contributed by atoms with Crippen LogP contribution >= 0.6 is 11.6 Å². The van der Waals surface area contributed by atoms with E-state index in [4.69, 9.17) is 46.1 Å². The van der Waals surface area contributed by atoms with Crippen molar-refractivity contribution in [2.75, 3.05) is 61.7 Å². The number of aliphatic hydroxyl groups is 1. The topological polar surface area (TPSA) is 358 Å². The second-order valence-electron chi connectivity index (χ2n) is 29.1. The maximum Gasteiger partial charge on any atom is 1.00 e. The molecule has 2 aliphatic rings. The van der Waals surface area contributed by atoms with E-state index in [0.29, 0.717) is 57.5 Å². The van der Waals surface area contributed by atoms with Gasteiger partial charge in [0.1, 0.15) is 35.3 Å². The molecule has 29 heteroatoms. The fraction of sp³-hybridized carbons (Fsp3) is 0.172. The molecule has 6 N–H and O–H groups in total. The molecule has 0 unspecified atom stereocenters. The summed E-state index contributed by atoms with van der Waals surface area (Å²) in [7, 11) is 5.02. The molecule has 642 valence electrons. The van der Waals surface area contributed by atoms with Gasteiger partial charge in [0.05, 0.1) is 38.4 Å². The summed E-state index contributed by atoms with van der Waals surface area (Å²) < 4.78 is 15.5. The number of aliphatic hydroxyl groups excluding tert-OH is 1. The van der Waals surface area contributed by atoms with E-state index in [1.807, 2.05) is 170 Å². The zero-order chi connectivity index (χ0) is 89.1. The monoisotopic (exact) mass is 1740 g/mol. The molecular formula is C99H95BClN16NaO10. The zero-order valence-electron chi connectivity index (χ0n) is 71.7. The predicted octanol–water partition coefficient (Wildman–Crippen LogP) is 12.5. The number of benzene rings is 8. The van der Waals surface area contributed by atoms with Crippen LogP contribution in [0.4, 0.5) is 0 Å². The Morgan fingerprint density at radius 1 is 0.398 bits per heavy atom. The Bertz CT molecular complexity index is 6120. The van der Waals surface area contributed by atoms with Gasteiger partial charge in [-0.2, -0.15) is 22.4 Å². The predicted molar refractivity (Wildman–Crippen MR) is 493 cm³/mol. The Hall–Kier alpha value is -13.5. The van der Waals surface area contributed by atoms with Crippen LogP contribution in [0.1, 0.15) is 80.7 Å². The number of ether oxygens (including phenoxy) is 3. The first-order valence-corrected chi connectivity index (χ1v) is 41.3. The Kier molecular flexibility index (Phi) is 36.7. The first-order valence-electron chi connectivity index (χ1n) is 41.0. The molecule has 2 saturated heterocycles.